The lowest BCUT2D eigenvalue weighted by Crippen LogP contribution is -2.53. The monoisotopic (exact) mass is 400 g/mol. The van der Waals surface area contributed by atoms with E-state index in [1.165, 1.54) is 6.26 Å². The average Bonchev–Trinajstić information content (AvgIpc) is 2.84. The smallest absolute Gasteiger partial charge is 0.325 e. The predicted molar refractivity (Wildman–Crippen MR) is 98.8 cm³/mol. The molecule has 3 rings (SSSR count). The van der Waals surface area contributed by atoms with Crippen molar-refractivity contribution in [2.75, 3.05) is 51.3 Å². The van der Waals surface area contributed by atoms with E-state index in [9.17, 15) is 22.8 Å². The molecule has 0 radical (unpaired) electrons. The lowest BCUT2D eigenvalue weighted by Gasteiger charge is -2.35. The fraction of sp³-hybridized carbons (Fsp3) is 0.824. The Labute approximate surface area is 160 Å². The normalized spacial score (nSPS) is 23.7. The van der Waals surface area contributed by atoms with E-state index in [2.05, 4.69) is 5.32 Å². The Kier molecular flexibility index (Phi) is 5.76. The van der Waals surface area contributed by atoms with Gasteiger partial charge in [0.1, 0.15) is 21.9 Å². The summed E-state index contributed by atoms with van der Waals surface area (Å²) < 4.78 is 22.5. The molecule has 0 aromatic carbocycles. The molecule has 3 fully saturated rings. The molecule has 1 saturated carbocycles. The molecular formula is C17H28N4O5S. The molecule has 10 heteroatoms. The summed E-state index contributed by atoms with van der Waals surface area (Å²) in [5.41, 5.74) is -0.806. The number of urea groups is 1. The number of carbonyl (C=O) groups excluding carboxylic acids is 3. The van der Waals surface area contributed by atoms with E-state index in [0.29, 0.717) is 45.6 Å². The van der Waals surface area contributed by atoms with Gasteiger partial charge in [0, 0.05) is 39.0 Å². The zero-order chi connectivity index (χ0) is 19.7. The zero-order valence-electron chi connectivity index (χ0n) is 15.8. The Morgan fingerprint density at radius 1 is 1.07 bits per heavy atom. The molecule has 27 heavy (non-hydrogen) atoms. The first-order valence-electron chi connectivity index (χ1n) is 9.52. The number of amides is 4. The van der Waals surface area contributed by atoms with Crippen LogP contribution in [-0.4, -0.2) is 97.8 Å². The standard InChI is InChI=1S/C17H28N4O5S/c1-27(25,26)12-11-19-7-9-20(10-8-19)14(22)13-21-15(23)17(18-16(21)24)5-3-2-4-6-17/h2-13H2,1H3,(H,18,24). The fourth-order valence-electron chi connectivity index (χ4n) is 4.07. The highest BCUT2D eigenvalue weighted by Gasteiger charge is 2.51. The van der Waals surface area contributed by atoms with Crippen molar-refractivity contribution in [2.45, 2.75) is 37.6 Å². The number of imide groups is 1. The number of nitrogens with one attached hydrogen (secondary N) is 1. The molecule has 0 atom stereocenters. The SMILES string of the molecule is CS(=O)(=O)CCN1CCN(C(=O)CN2C(=O)NC3(CCCCC3)C2=O)CC1. The summed E-state index contributed by atoms with van der Waals surface area (Å²) in [6, 6.07) is -0.470. The topological polar surface area (TPSA) is 107 Å². The van der Waals surface area contributed by atoms with Gasteiger partial charge in [0.2, 0.25) is 5.91 Å². The van der Waals surface area contributed by atoms with E-state index in [1.807, 2.05) is 4.90 Å². The van der Waals surface area contributed by atoms with Gasteiger partial charge in [0.05, 0.1) is 5.75 Å². The van der Waals surface area contributed by atoms with E-state index in [0.717, 1.165) is 24.2 Å². The number of hydrogen-bond donors (Lipinski definition) is 1. The van der Waals surface area contributed by atoms with Gasteiger partial charge < -0.3 is 10.2 Å². The highest BCUT2D eigenvalue weighted by molar-refractivity contribution is 7.90. The lowest BCUT2D eigenvalue weighted by atomic mass is 9.82. The summed E-state index contributed by atoms with van der Waals surface area (Å²) in [6.45, 7) is 2.34. The van der Waals surface area contributed by atoms with E-state index in [-0.39, 0.29) is 24.1 Å². The van der Waals surface area contributed by atoms with Crippen molar-refractivity contribution in [3.05, 3.63) is 0 Å². The maximum Gasteiger partial charge on any atom is 0.325 e. The third-order valence-corrected chi connectivity index (χ3v) is 6.67. The molecule has 0 aromatic rings. The van der Waals surface area contributed by atoms with Crippen LogP contribution in [0.3, 0.4) is 0 Å². The molecular weight excluding hydrogens is 372 g/mol. The number of piperazine rings is 1. The summed E-state index contributed by atoms with van der Waals surface area (Å²) in [7, 11) is -3.01. The molecule has 2 aliphatic heterocycles. The van der Waals surface area contributed by atoms with Crippen molar-refractivity contribution in [3.8, 4) is 0 Å². The molecule has 1 N–H and O–H groups in total. The Hall–Kier alpha value is -1.68. The maximum absolute atomic E-state index is 12.7. The van der Waals surface area contributed by atoms with Crippen LogP contribution < -0.4 is 5.32 Å². The van der Waals surface area contributed by atoms with Gasteiger partial charge in [-0.15, -0.1) is 0 Å². The first-order valence-corrected chi connectivity index (χ1v) is 11.6. The molecule has 152 valence electrons. The summed E-state index contributed by atoms with van der Waals surface area (Å²) in [5.74, 6) is -0.410. The van der Waals surface area contributed by atoms with Gasteiger partial charge in [-0.1, -0.05) is 19.3 Å². The van der Waals surface area contributed by atoms with Crippen LogP contribution in [0.5, 0.6) is 0 Å². The van der Waals surface area contributed by atoms with Crippen molar-refractivity contribution in [1.82, 2.24) is 20.0 Å². The minimum atomic E-state index is -3.01. The summed E-state index contributed by atoms with van der Waals surface area (Å²) in [6.07, 6.45) is 5.37. The number of sulfone groups is 1. The van der Waals surface area contributed by atoms with Crippen molar-refractivity contribution >= 4 is 27.7 Å². The first-order chi connectivity index (χ1) is 12.7. The Morgan fingerprint density at radius 2 is 1.70 bits per heavy atom. The van der Waals surface area contributed by atoms with E-state index in [4.69, 9.17) is 0 Å². The van der Waals surface area contributed by atoms with Gasteiger partial charge in [0.15, 0.2) is 0 Å². The molecule has 3 aliphatic rings. The minimum Gasteiger partial charge on any atom is -0.339 e. The second kappa shape index (κ2) is 7.75. The van der Waals surface area contributed by atoms with E-state index in [1.54, 1.807) is 4.90 Å². The molecule has 2 saturated heterocycles. The Bertz CT molecular complexity index is 709. The van der Waals surface area contributed by atoms with Crippen molar-refractivity contribution < 1.29 is 22.8 Å². The first kappa shape index (κ1) is 20.1. The number of hydrogen-bond acceptors (Lipinski definition) is 6. The third kappa shape index (κ3) is 4.60. The summed E-state index contributed by atoms with van der Waals surface area (Å²) in [4.78, 5) is 42.3. The Morgan fingerprint density at radius 3 is 2.30 bits per heavy atom. The zero-order valence-corrected chi connectivity index (χ0v) is 16.6. The highest BCUT2D eigenvalue weighted by Crippen LogP contribution is 2.33. The largest absolute Gasteiger partial charge is 0.339 e. The van der Waals surface area contributed by atoms with Crippen LogP contribution in [0.25, 0.3) is 0 Å². The molecule has 1 aliphatic carbocycles. The lowest BCUT2D eigenvalue weighted by molar-refractivity contribution is -0.140. The molecule has 2 heterocycles. The fourth-order valence-corrected chi connectivity index (χ4v) is 4.65. The molecule has 9 nitrogen and oxygen atoms in total. The quantitative estimate of drug-likeness (QED) is 0.620. The summed E-state index contributed by atoms with van der Waals surface area (Å²) >= 11 is 0. The average molecular weight is 401 g/mol. The van der Waals surface area contributed by atoms with E-state index >= 15 is 0 Å². The number of nitrogens with zero attached hydrogens (tertiary/aromatic N) is 3. The van der Waals surface area contributed by atoms with Crippen molar-refractivity contribution in [1.29, 1.82) is 0 Å². The highest BCUT2D eigenvalue weighted by atomic mass is 32.2. The number of rotatable bonds is 5. The van der Waals surface area contributed by atoms with Gasteiger partial charge in [-0.3, -0.25) is 19.4 Å². The maximum atomic E-state index is 12.7. The van der Waals surface area contributed by atoms with Crippen LogP contribution in [-0.2, 0) is 19.4 Å². The van der Waals surface area contributed by atoms with Crippen molar-refractivity contribution in [2.24, 2.45) is 0 Å². The van der Waals surface area contributed by atoms with E-state index < -0.39 is 21.4 Å². The van der Waals surface area contributed by atoms with Crippen LogP contribution >= 0.6 is 0 Å². The second-order valence-electron chi connectivity index (χ2n) is 7.82. The van der Waals surface area contributed by atoms with Crippen LogP contribution in [0.4, 0.5) is 4.79 Å². The molecule has 0 bridgehead atoms. The van der Waals surface area contributed by atoms with Gasteiger partial charge >= 0.3 is 6.03 Å². The van der Waals surface area contributed by atoms with Gasteiger partial charge in [-0.2, -0.15) is 0 Å². The van der Waals surface area contributed by atoms with Crippen LogP contribution in [0, 0.1) is 0 Å². The molecule has 0 aromatic heterocycles. The van der Waals surface area contributed by atoms with Crippen LogP contribution in [0.15, 0.2) is 0 Å². The number of carbonyl (C=O) groups is 3. The van der Waals surface area contributed by atoms with Crippen LogP contribution in [0.2, 0.25) is 0 Å². The van der Waals surface area contributed by atoms with Gasteiger partial charge in [0.25, 0.3) is 5.91 Å². The summed E-state index contributed by atoms with van der Waals surface area (Å²) in [5, 5.41) is 2.82. The van der Waals surface area contributed by atoms with Crippen LogP contribution in [0.1, 0.15) is 32.1 Å². The minimum absolute atomic E-state index is 0.103. The molecule has 1 spiro atoms. The molecule has 4 amide bonds. The van der Waals surface area contributed by atoms with Gasteiger partial charge in [-0.05, 0) is 12.8 Å². The Balaban J connectivity index is 1.51. The second-order valence-corrected chi connectivity index (χ2v) is 10.1. The predicted octanol–water partition coefficient (Wildman–Crippen LogP) is -0.570. The van der Waals surface area contributed by atoms with Gasteiger partial charge in [-0.25, -0.2) is 13.2 Å². The van der Waals surface area contributed by atoms with Crippen molar-refractivity contribution in [3.63, 3.8) is 0 Å². The third-order valence-electron chi connectivity index (χ3n) is 5.75. The molecule has 0 unspecified atom stereocenters.